The predicted molar refractivity (Wildman–Crippen MR) is 95.6 cm³/mol. The van der Waals surface area contributed by atoms with Gasteiger partial charge in [0, 0.05) is 38.0 Å². The van der Waals surface area contributed by atoms with E-state index < -0.39 is 0 Å². The number of amides is 2. The molecule has 26 heavy (non-hydrogen) atoms. The molecule has 0 unspecified atom stereocenters. The molecule has 0 radical (unpaired) electrons. The van der Waals surface area contributed by atoms with Gasteiger partial charge in [-0.1, -0.05) is 25.9 Å². The molecule has 3 heterocycles. The highest BCUT2D eigenvalue weighted by molar-refractivity contribution is 5.88. The van der Waals surface area contributed by atoms with Crippen LogP contribution in [0.5, 0.6) is 0 Å². The molecule has 2 aliphatic rings. The second-order valence-electron chi connectivity index (χ2n) is 7.44. The van der Waals surface area contributed by atoms with E-state index in [4.69, 9.17) is 4.52 Å². The van der Waals surface area contributed by atoms with Gasteiger partial charge in [-0.05, 0) is 19.4 Å². The highest BCUT2D eigenvalue weighted by Crippen LogP contribution is 2.28. The summed E-state index contributed by atoms with van der Waals surface area (Å²) in [6.45, 7) is 9.68. The smallest absolute Gasteiger partial charge is 0.237 e. The van der Waals surface area contributed by atoms with Crippen molar-refractivity contribution in [3.05, 3.63) is 11.7 Å². The van der Waals surface area contributed by atoms with Crippen molar-refractivity contribution in [2.45, 2.75) is 57.9 Å². The molecule has 1 aromatic rings. The lowest BCUT2D eigenvalue weighted by Gasteiger charge is -2.36. The van der Waals surface area contributed by atoms with Crippen molar-refractivity contribution in [1.82, 2.24) is 25.3 Å². The van der Waals surface area contributed by atoms with E-state index in [1.165, 1.54) is 0 Å². The van der Waals surface area contributed by atoms with E-state index in [1.54, 1.807) is 0 Å². The molecule has 8 nitrogen and oxygen atoms in total. The Balaban J connectivity index is 1.53. The minimum absolute atomic E-state index is 0.0339. The van der Waals surface area contributed by atoms with E-state index in [0.717, 1.165) is 31.8 Å². The van der Waals surface area contributed by atoms with Crippen molar-refractivity contribution in [2.75, 3.05) is 32.7 Å². The minimum atomic E-state index is -0.344. The highest BCUT2D eigenvalue weighted by atomic mass is 16.5. The van der Waals surface area contributed by atoms with Crippen LogP contribution in [-0.2, 0) is 9.59 Å². The number of carbonyl (C=O) groups excluding carboxylic acids is 2. The van der Waals surface area contributed by atoms with Crippen LogP contribution in [0, 0.1) is 0 Å². The number of nitrogens with one attached hydrogen (secondary N) is 1. The molecular formula is C18H29N5O3. The van der Waals surface area contributed by atoms with E-state index in [9.17, 15) is 9.59 Å². The summed E-state index contributed by atoms with van der Waals surface area (Å²) in [5.41, 5.74) is 0. The largest absolute Gasteiger partial charge is 0.353 e. The summed E-state index contributed by atoms with van der Waals surface area (Å²) < 4.78 is 5.40. The first kappa shape index (κ1) is 18.8. The van der Waals surface area contributed by atoms with E-state index in [0.29, 0.717) is 25.5 Å². The maximum absolute atomic E-state index is 12.7. The lowest BCUT2D eigenvalue weighted by molar-refractivity contribution is -0.139. The summed E-state index contributed by atoms with van der Waals surface area (Å²) in [6, 6.07) is -0.344. The standard InChI is InChI=1S/C18H29N5O3/c1-4-22-10-7-19-17(25)14(22)11-15(24)23-8-5-13(6-9-23)18-20-16(12(2)3)21-26-18/h12-14H,4-11H2,1-3H3,(H,19,25)/t14-/m0/s1. The first-order chi connectivity index (χ1) is 12.5. The Morgan fingerprint density at radius 1 is 1.31 bits per heavy atom. The van der Waals surface area contributed by atoms with Crippen molar-refractivity contribution < 1.29 is 14.1 Å². The van der Waals surface area contributed by atoms with Crippen molar-refractivity contribution in [3.8, 4) is 0 Å². The van der Waals surface area contributed by atoms with Gasteiger partial charge in [-0.2, -0.15) is 4.98 Å². The summed E-state index contributed by atoms with van der Waals surface area (Å²) in [5.74, 6) is 1.90. The molecule has 0 spiro atoms. The Labute approximate surface area is 154 Å². The van der Waals surface area contributed by atoms with Gasteiger partial charge in [0.1, 0.15) is 0 Å². The van der Waals surface area contributed by atoms with E-state index >= 15 is 0 Å². The van der Waals surface area contributed by atoms with Crippen LogP contribution in [0.1, 0.15) is 63.6 Å². The summed E-state index contributed by atoms with van der Waals surface area (Å²) in [4.78, 5) is 33.2. The van der Waals surface area contributed by atoms with Crippen LogP contribution in [0.25, 0.3) is 0 Å². The van der Waals surface area contributed by atoms with E-state index in [1.807, 2.05) is 25.7 Å². The fourth-order valence-electron chi connectivity index (χ4n) is 3.68. The van der Waals surface area contributed by atoms with Crippen LogP contribution >= 0.6 is 0 Å². The number of hydrogen-bond donors (Lipinski definition) is 1. The maximum atomic E-state index is 12.7. The fourth-order valence-corrected chi connectivity index (χ4v) is 3.68. The number of piperazine rings is 1. The third kappa shape index (κ3) is 4.06. The number of carbonyl (C=O) groups is 2. The molecule has 3 rings (SSSR count). The number of hydrogen-bond acceptors (Lipinski definition) is 6. The number of likely N-dealkylation sites (tertiary alicyclic amines) is 1. The molecule has 1 aromatic heterocycles. The molecule has 2 saturated heterocycles. The monoisotopic (exact) mass is 363 g/mol. The Morgan fingerprint density at radius 3 is 2.65 bits per heavy atom. The molecule has 1 N–H and O–H groups in total. The van der Waals surface area contributed by atoms with Gasteiger partial charge in [0.05, 0.1) is 12.5 Å². The third-order valence-electron chi connectivity index (χ3n) is 5.39. The number of piperidine rings is 1. The molecule has 0 aromatic carbocycles. The maximum Gasteiger partial charge on any atom is 0.237 e. The van der Waals surface area contributed by atoms with Gasteiger partial charge in [-0.3, -0.25) is 14.5 Å². The van der Waals surface area contributed by atoms with Crippen molar-refractivity contribution in [3.63, 3.8) is 0 Å². The van der Waals surface area contributed by atoms with Crippen molar-refractivity contribution in [1.29, 1.82) is 0 Å². The molecule has 2 aliphatic heterocycles. The number of nitrogens with zero attached hydrogens (tertiary/aromatic N) is 4. The Bertz CT molecular complexity index is 637. The molecule has 8 heteroatoms. The highest BCUT2D eigenvalue weighted by Gasteiger charge is 2.34. The van der Waals surface area contributed by atoms with Crippen LogP contribution in [0.2, 0.25) is 0 Å². The normalized spacial score (nSPS) is 22.7. The van der Waals surface area contributed by atoms with Crippen LogP contribution in [-0.4, -0.2) is 70.5 Å². The number of likely N-dealkylation sites (N-methyl/N-ethyl adjacent to an activating group) is 1. The van der Waals surface area contributed by atoms with E-state index in [-0.39, 0.29) is 36.1 Å². The van der Waals surface area contributed by atoms with Gasteiger partial charge in [-0.15, -0.1) is 0 Å². The average molecular weight is 363 g/mol. The molecule has 1 atom stereocenters. The third-order valence-corrected chi connectivity index (χ3v) is 5.39. The summed E-state index contributed by atoms with van der Waals surface area (Å²) in [6.07, 6.45) is 1.89. The first-order valence-electron chi connectivity index (χ1n) is 9.62. The summed E-state index contributed by atoms with van der Waals surface area (Å²) >= 11 is 0. The molecule has 2 fully saturated rings. The Hall–Kier alpha value is -1.96. The van der Waals surface area contributed by atoms with Crippen LogP contribution in [0.4, 0.5) is 0 Å². The molecule has 0 aliphatic carbocycles. The molecule has 0 bridgehead atoms. The summed E-state index contributed by atoms with van der Waals surface area (Å²) in [5, 5.41) is 6.90. The van der Waals surface area contributed by atoms with E-state index in [2.05, 4.69) is 20.4 Å². The molecule has 144 valence electrons. The Morgan fingerprint density at radius 2 is 2.04 bits per heavy atom. The average Bonchev–Trinajstić information content (AvgIpc) is 3.14. The zero-order valence-corrected chi connectivity index (χ0v) is 15.9. The van der Waals surface area contributed by atoms with Crippen molar-refractivity contribution in [2.24, 2.45) is 0 Å². The second kappa shape index (κ2) is 8.16. The van der Waals surface area contributed by atoms with Gasteiger partial charge >= 0.3 is 0 Å². The first-order valence-corrected chi connectivity index (χ1v) is 9.62. The molecule has 2 amide bonds. The second-order valence-corrected chi connectivity index (χ2v) is 7.44. The number of aromatic nitrogens is 2. The SMILES string of the molecule is CCN1CCNC(=O)[C@@H]1CC(=O)N1CCC(c2nc(C(C)C)no2)CC1. The zero-order chi connectivity index (χ0) is 18.7. The van der Waals surface area contributed by atoms with Crippen LogP contribution < -0.4 is 5.32 Å². The molecular weight excluding hydrogens is 334 g/mol. The number of rotatable bonds is 5. The predicted octanol–water partition coefficient (Wildman–Crippen LogP) is 1.11. The lowest BCUT2D eigenvalue weighted by atomic mass is 9.96. The van der Waals surface area contributed by atoms with Gasteiger partial charge in [0.15, 0.2) is 5.82 Å². The van der Waals surface area contributed by atoms with Gasteiger partial charge in [-0.25, -0.2) is 0 Å². The topological polar surface area (TPSA) is 91.6 Å². The van der Waals surface area contributed by atoms with Crippen molar-refractivity contribution >= 4 is 11.8 Å². The Kier molecular flexibility index (Phi) is 5.90. The van der Waals surface area contributed by atoms with Gasteiger partial charge in [0.25, 0.3) is 0 Å². The fraction of sp³-hybridized carbons (Fsp3) is 0.778. The van der Waals surface area contributed by atoms with Gasteiger partial charge < -0.3 is 14.7 Å². The lowest BCUT2D eigenvalue weighted by Crippen LogP contribution is -2.56. The van der Waals surface area contributed by atoms with Crippen LogP contribution in [0.3, 0.4) is 0 Å². The summed E-state index contributed by atoms with van der Waals surface area (Å²) in [7, 11) is 0. The van der Waals surface area contributed by atoms with Crippen LogP contribution in [0.15, 0.2) is 4.52 Å². The zero-order valence-electron chi connectivity index (χ0n) is 15.9. The quantitative estimate of drug-likeness (QED) is 0.843. The van der Waals surface area contributed by atoms with Gasteiger partial charge in [0.2, 0.25) is 17.7 Å². The molecule has 0 saturated carbocycles. The minimum Gasteiger partial charge on any atom is -0.353 e.